The summed E-state index contributed by atoms with van der Waals surface area (Å²) in [6.45, 7) is 12.5. The number of aliphatic hydroxyl groups is 1. The number of aliphatic hydroxyl groups excluding tert-OH is 1. The van der Waals surface area contributed by atoms with E-state index in [1.54, 1.807) is 5.57 Å². The first-order valence-electron chi connectivity index (χ1n) is 12.7. The first-order chi connectivity index (χ1) is 13.9. The fraction of sp³-hybridized carbons (Fsp3) is 0.852. The maximum atomic E-state index is 10.4. The summed E-state index contributed by atoms with van der Waals surface area (Å²) in [5.74, 6) is 4.04. The molecule has 1 heterocycles. The van der Waals surface area contributed by atoms with Gasteiger partial charge in [0.15, 0.2) is 0 Å². The number of allylic oxidation sites excluding steroid dienone is 2. The monoisotopic (exact) mass is 397 g/mol. The van der Waals surface area contributed by atoms with Crippen molar-refractivity contribution in [2.24, 2.45) is 40.4 Å². The van der Waals surface area contributed by atoms with E-state index in [-0.39, 0.29) is 6.10 Å². The average molecular weight is 398 g/mol. The van der Waals surface area contributed by atoms with Gasteiger partial charge in [-0.05, 0) is 105 Å². The van der Waals surface area contributed by atoms with Crippen LogP contribution in [-0.2, 0) is 0 Å². The molecule has 2 nitrogen and oxygen atoms in total. The van der Waals surface area contributed by atoms with E-state index in [4.69, 9.17) is 0 Å². The van der Waals surface area contributed by atoms with Crippen molar-refractivity contribution in [2.75, 3.05) is 13.1 Å². The Balaban J connectivity index is 1.54. The summed E-state index contributed by atoms with van der Waals surface area (Å²) in [6, 6.07) is 0. The third-order valence-corrected chi connectivity index (χ3v) is 10.5. The highest BCUT2D eigenvalue weighted by Crippen LogP contribution is 2.68. The lowest BCUT2D eigenvalue weighted by atomic mass is 9.45. The molecule has 29 heavy (non-hydrogen) atoms. The molecule has 5 aliphatic rings. The van der Waals surface area contributed by atoms with Crippen LogP contribution >= 0.6 is 0 Å². The van der Waals surface area contributed by atoms with E-state index in [2.05, 4.69) is 39.1 Å². The van der Waals surface area contributed by atoms with Crippen LogP contribution in [0.15, 0.2) is 22.8 Å². The van der Waals surface area contributed by atoms with E-state index in [1.165, 1.54) is 58.0 Å². The molecule has 0 aromatic rings. The van der Waals surface area contributed by atoms with Crippen LogP contribution in [0.2, 0.25) is 0 Å². The average Bonchev–Trinajstić information content (AvgIpc) is 3.32. The highest BCUT2D eigenvalue weighted by Gasteiger charge is 2.60. The molecule has 8 atom stereocenters. The number of rotatable bonds is 3. The molecule has 1 saturated heterocycles. The van der Waals surface area contributed by atoms with Gasteiger partial charge in [-0.3, -0.25) is 0 Å². The second-order valence-corrected chi connectivity index (χ2v) is 11.6. The van der Waals surface area contributed by atoms with Crippen molar-refractivity contribution in [3.8, 4) is 0 Å². The van der Waals surface area contributed by atoms with Crippen molar-refractivity contribution in [2.45, 2.75) is 91.6 Å². The molecule has 162 valence electrons. The minimum absolute atomic E-state index is 0.0986. The molecular weight excluding hydrogens is 354 g/mol. The van der Waals surface area contributed by atoms with Gasteiger partial charge in [0.25, 0.3) is 0 Å². The van der Waals surface area contributed by atoms with Crippen molar-refractivity contribution in [3.63, 3.8) is 0 Å². The molecular formula is C27H43NO. The Hall–Kier alpha value is -0.600. The van der Waals surface area contributed by atoms with E-state index in [0.29, 0.717) is 10.8 Å². The van der Waals surface area contributed by atoms with Gasteiger partial charge >= 0.3 is 0 Å². The van der Waals surface area contributed by atoms with Crippen LogP contribution in [0.4, 0.5) is 0 Å². The lowest BCUT2D eigenvalue weighted by molar-refractivity contribution is -0.0537. The van der Waals surface area contributed by atoms with E-state index in [0.717, 1.165) is 42.4 Å². The molecule has 5 rings (SSSR count). The zero-order valence-electron chi connectivity index (χ0n) is 19.3. The number of hydrogen-bond donors (Lipinski definition) is 2. The smallest absolute Gasteiger partial charge is 0.0577 e. The van der Waals surface area contributed by atoms with Crippen LogP contribution in [0, 0.1) is 40.4 Å². The van der Waals surface area contributed by atoms with Gasteiger partial charge in [-0.25, -0.2) is 0 Å². The highest BCUT2D eigenvalue weighted by atomic mass is 16.3. The van der Waals surface area contributed by atoms with Crippen LogP contribution in [0.3, 0.4) is 0 Å². The maximum absolute atomic E-state index is 10.4. The Morgan fingerprint density at radius 2 is 1.83 bits per heavy atom. The Bertz CT molecular complexity index is 716. The second kappa shape index (κ2) is 7.23. The Kier molecular flexibility index (Phi) is 5.06. The maximum Gasteiger partial charge on any atom is 0.0577 e. The van der Waals surface area contributed by atoms with Gasteiger partial charge in [-0.1, -0.05) is 50.5 Å². The fourth-order valence-corrected chi connectivity index (χ4v) is 9.00. The molecule has 0 spiro atoms. The van der Waals surface area contributed by atoms with Gasteiger partial charge in [0, 0.05) is 6.54 Å². The number of hydrogen-bond acceptors (Lipinski definition) is 2. The predicted molar refractivity (Wildman–Crippen MR) is 121 cm³/mol. The topological polar surface area (TPSA) is 32.3 Å². The quantitative estimate of drug-likeness (QED) is 0.584. The Labute approximate surface area is 178 Å². The van der Waals surface area contributed by atoms with Crippen molar-refractivity contribution < 1.29 is 5.11 Å². The number of fused-ring (bicyclic) bond motifs is 5. The molecule has 0 bridgehead atoms. The summed E-state index contributed by atoms with van der Waals surface area (Å²) in [7, 11) is 0. The van der Waals surface area contributed by atoms with Crippen LogP contribution in [0.5, 0.6) is 0 Å². The molecule has 2 heteroatoms. The lowest BCUT2D eigenvalue weighted by Crippen LogP contribution is -2.53. The minimum Gasteiger partial charge on any atom is -0.393 e. The summed E-state index contributed by atoms with van der Waals surface area (Å²) in [5, 5.41) is 14.0. The van der Waals surface area contributed by atoms with Crippen molar-refractivity contribution >= 4 is 0 Å². The van der Waals surface area contributed by atoms with E-state index < -0.39 is 0 Å². The SMILES string of the molecule is CCC1=C(C2CCNC2)[C@@]2(C)CC[C@@H]3[C@@H](C(CC)C=C4CC(O)CC[C@@]43C)[C@@H]2C1. The lowest BCUT2D eigenvalue weighted by Gasteiger charge is -2.60. The zero-order valence-corrected chi connectivity index (χ0v) is 19.3. The first-order valence-corrected chi connectivity index (χ1v) is 12.7. The molecule has 3 unspecified atom stereocenters. The zero-order chi connectivity index (χ0) is 20.4. The van der Waals surface area contributed by atoms with Gasteiger partial charge in [-0.15, -0.1) is 0 Å². The van der Waals surface area contributed by atoms with Crippen LogP contribution in [-0.4, -0.2) is 24.3 Å². The summed E-state index contributed by atoms with van der Waals surface area (Å²) in [4.78, 5) is 0. The molecule has 1 aliphatic heterocycles. The Morgan fingerprint density at radius 3 is 2.52 bits per heavy atom. The summed E-state index contributed by atoms with van der Waals surface area (Å²) in [5.41, 5.74) is 6.14. The molecule has 4 aliphatic carbocycles. The highest BCUT2D eigenvalue weighted by molar-refractivity contribution is 5.37. The third-order valence-electron chi connectivity index (χ3n) is 10.5. The normalized spacial score (nSPS) is 49.5. The standard InChI is InChI=1S/C27H43NO/c1-5-17-13-20-15-21(29)7-10-26(20,3)22-8-11-27(4)23(24(17)22)14-18(6-2)25(27)19-9-12-28-16-19/h13,17,19,21-24,28-29H,5-12,14-16H2,1-4H3/t17?,19?,21?,22-,23+,24-,26+,27+/m1/s1. The molecule has 2 saturated carbocycles. The Morgan fingerprint density at radius 1 is 1.03 bits per heavy atom. The molecule has 0 radical (unpaired) electrons. The minimum atomic E-state index is -0.0986. The van der Waals surface area contributed by atoms with Gasteiger partial charge in [-0.2, -0.15) is 0 Å². The van der Waals surface area contributed by atoms with Crippen molar-refractivity contribution in [1.82, 2.24) is 5.32 Å². The van der Waals surface area contributed by atoms with Crippen LogP contribution < -0.4 is 5.32 Å². The van der Waals surface area contributed by atoms with Crippen LogP contribution in [0.1, 0.15) is 85.5 Å². The van der Waals surface area contributed by atoms with Gasteiger partial charge in [0.2, 0.25) is 0 Å². The molecule has 0 aromatic carbocycles. The van der Waals surface area contributed by atoms with E-state index >= 15 is 0 Å². The van der Waals surface area contributed by atoms with Crippen LogP contribution in [0.25, 0.3) is 0 Å². The van der Waals surface area contributed by atoms with Crippen molar-refractivity contribution in [1.29, 1.82) is 0 Å². The van der Waals surface area contributed by atoms with Gasteiger partial charge in [0.05, 0.1) is 6.10 Å². The molecule has 0 amide bonds. The fourth-order valence-electron chi connectivity index (χ4n) is 9.00. The van der Waals surface area contributed by atoms with Gasteiger partial charge < -0.3 is 10.4 Å². The van der Waals surface area contributed by atoms with E-state index in [1.807, 2.05) is 11.1 Å². The first kappa shape index (κ1) is 20.3. The van der Waals surface area contributed by atoms with Gasteiger partial charge in [0.1, 0.15) is 0 Å². The second-order valence-electron chi connectivity index (χ2n) is 11.6. The molecule has 0 aromatic heterocycles. The third kappa shape index (κ3) is 2.88. The summed E-state index contributed by atoms with van der Waals surface area (Å²) < 4.78 is 0. The predicted octanol–water partition coefficient (Wildman–Crippen LogP) is 5.87. The summed E-state index contributed by atoms with van der Waals surface area (Å²) in [6.07, 6.45) is 13.8. The summed E-state index contributed by atoms with van der Waals surface area (Å²) >= 11 is 0. The largest absolute Gasteiger partial charge is 0.393 e. The van der Waals surface area contributed by atoms with E-state index in [9.17, 15) is 5.11 Å². The number of nitrogens with one attached hydrogen (secondary N) is 1. The van der Waals surface area contributed by atoms with Crippen molar-refractivity contribution in [3.05, 3.63) is 22.8 Å². The molecule has 3 fully saturated rings. The molecule has 2 N–H and O–H groups in total.